The summed E-state index contributed by atoms with van der Waals surface area (Å²) in [7, 11) is 0. The quantitative estimate of drug-likeness (QED) is 0.223. The first-order chi connectivity index (χ1) is 14.2. The van der Waals surface area contributed by atoms with Gasteiger partial charge in [0.1, 0.15) is 18.1 Å². The van der Waals surface area contributed by atoms with Crippen LogP contribution >= 0.6 is 12.6 Å². The number of carbonyl (C=O) groups excluding carboxylic acids is 3. The number of rotatable bonds is 10. The van der Waals surface area contributed by atoms with Crippen LogP contribution < -0.4 is 16.0 Å². The minimum atomic E-state index is -1.21. The topological polar surface area (TPSA) is 165 Å². The predicted molar refractivity (Wildman–Crippen MR) is 108 cm³/mol. The second-order valence-electron chi connectivity index (χ2n) is 7.41. The Bertz CT molecular complexity index is 683. The minimum absolute atomic E-state index is 0.0222. The SMILES string of the molecule is O=C(O)CCC(NC(=O)C(CS)NC(=O)C1CCCN1)C(=O)N1CCCC1C(=O)O. The lowest BCUT2D eigenvalue weighted by molar-refractivity contribution is -0.150. The van der Waals surface area contributed by atoms with Crippen LogP contribution in [0.4, 0.5) is 0 Å². The summed E-state index contributed by atoms with van der Waals surface area (Å²) < 4.78 is 0. The number of carboxylic acids is 2. The maximum absolute atomic E-state index is 12.9. The van der Waals surface area contributed by atoms with Crippen LogP contribution in [0.15, 0.2) is 0 Å². The first kappa shape index (κ1) is 23.9. The summed E-state index contributed by atoms with van der Waals surface area (Å²) in [5.41, 5.74) is 0. The van der Waals surface area contributed by atoms with Crippen LogP contribution in [-0.4, -0.2) is 87.8 Å². The number of hydrogen-bond donors (Lipinski definition) is 6. The molecule has 2 aliphatic heterocycles. The molecule has 3 amide bonds. The largest absolute Gasteiger partial charge is 0.481 e. The lowest BCUT2D eigenvalue weighted by Gasteiger charge is -2.28. The van der Waals surface area contributed by atoms with Gasteiger partial charge in [-0.15, -0.1) is 0 Å². The van der Waals surface area contributed by atoms with E-state index in [1.165, 1.54) is 0 Å². The molecule has 0 radical (unpaired) electrons. The molecule has 4 unspecified atom stereocenters. The normalized spacial score (nSPS) is 22.9. The van der Waals surface area contributed by atoms with Gasteiger partial charge in [0.25, 0.3) is 0 Å². The zero-order chi connectivity index (χ0) is 22.3. The van der Waals surface area contributed by atoms with Crippen LogP contribution in [0, 0.1) is 0 Å². The second kappa shape index (κ2) is 11.2. The summed E-state index contributed by atoms with van der Waals surface area (Å²) in [5, 5.41) is 26.4. The number of nitrogens with zero attached hydrogens (tertiary/aromatic N) is 1. The smallest absolute Gasteiger partial charge is 0.326 e. The number of thiol groups is 1. The highest BCUT2D eigenvalue weighted by Crippen LogP contribution is 2.19. The van der Waals surface area contributed by atoms with E-state index in [1.807, 2.05) is 0 Å². The van der Waals surface area contributed by atoms with E-state index < -0.39 is 47.9 Å². The van der Waals surface area contributed by atoms with Gasteiger partial charge in [-0.3, -0.25) is 19.2 Å². The zero-order valence-corrected chi connectivity index (χ0v) is 17.4. The second-order valence-corrected chi connectivity index (χ2v) is 7.78. The molecule has 2 aliphatic rings. The van der Waals surface area contributed by atoms with Crippen molar-refractivity contribution in [1.29, 1.82) is 0 Å². The summed E-state index contributed by atoms with van der Waals surface area (Å²) in [6, 6.07) is -3.63. The van der Waals surface area contributed by atoms with Gasteiger partial charge in [-0.1, -0.05) is 0 Å². The molecule has 0 spiro atoms. The third-order valence-corrected chi connectivity index (χ3v) is 5.64. The number of amides is 3. The lowest BCUT2D eigenvalue weighted by atomic mass is 10.1. The molecular weight excluding hydrogens is 416 g/mol. The molecule has 12 heteroatoms. The number of nitrogens with one attached hydrogen (secondary N) is 3. The van der Waals surface area contributed by atoms with Crippen molar-refractivity contribution in [2.24, 2.45) is 0 Å². The number of carbonyl (C=O) groups is 5. The zero-order valence-electron chi connectivity index (χ0n) is 16.5. The molecule has 2 fully saturated rings. The molecule has 0 aromatic carbocycles. The maximum atomic E-state index is 12.9. The van der Waals surface area contributed by atoms with Crippen molar-refractivity contribution in [2.45, 2.75) is 62.7 Å². The van der Waals surface area contributed by atoms with Gasteiger partial charge < -0.3 is 31.1 Å². The van der Waals surface area contributed by atoms with Crippen LogP contribution in [-0.2, 0) is 24.0 Å². The predicted octanol–water partition coefficient (Wildman–Crippen LogP) is -1.42. The van der Waals surface area contributed by atoms with Crippen molar-refractivity contribution >= 4 is 42.3 Å². The molecule has 0 aromatic heterocycles. The van der Waals surface area contributed by atoms with E-state index in [0.717, 1.165) is 11.3 Å². The first-order valence-electron chi connectivity index (χ1n) is 9.94. The van der Waals surface area contributed by atoms with Gasteiger partial charge in [0.2, 0.25) is 17.7 Å². The molecular formula is C18H28N4O7S. The van der Waals surface area contributed by atoms with Gasteiger partial charge in [0.15, 0.2) is 0 Å². The summed E-state index contributed by atoms with van der Waals surface area (Å²) in [6.45, 7) is 0.928. The fourth-order valence-electron chi connectivity index (χ4n) is 3.66. The molecule has 30 heavy (non-hydrogen) atoms. The lowest BCUT2D eigenvalue weighted by Crippen LogP contribution is -2.57. The van der Waals surface area contributed by atoms with E-state index in [1.54, 1.807) is 0 Å². The Morgan fingerprint density at radius 1 is 1.07 bits per heavy atom. The van der Waals surface area contributed by atoms with Gasteiger partial charge >= 0.3 is 11.9 Å². The van der Waals surface area contributed by atoms with E-state index in [9.17, 15) is 29.1 Å². The Morgan fingerprint density at radius 2 is 1.80 bits per heavy atom. The third kappa shape index (κ3) is 6.33. The van der Waals surface area contributed by atoms with Crippen molar-refractivity contribution in [3.05, 3.63) is 0 Å². The van der Waals surface area contributed by atoms with Crippen molar-refractivity contribution < 1.29 is 34.2 Å². The fraction of sp³-hybridized carbons (Fsp3) is 0.722. The van der Waals surface area contributed by atoms with Gasteiger partial charge in [-0.2, -0.15) is 12.6 Å². The van der Waals surface area contributed by atoms with E-state index in [0.29, 0.717) is 25.8 Å². The molecule has 4 atom stereocenters. The van der Waals surface area contributed by atoms with Crippen LogP contribution in [0.5, 0.6) is 0 Å². The Hall–Kier alpha value is -2.34. The molecule has 168 valence electrons. The molecule has 0 aliphatic carbocycles. The Morgan fingerprint density at radius 3 is 2.37 bits per heavy atom. The molecule has 11 nitrogen and oxygen atoms in total. The van der Waals surface area contributed by atoms with Crippen LogP contribution in [0.1, 0.15) is 38.5 Å². The molecule has 0 saturated carbocycles. The summed E-state index contributed by atoms with van der Waals surface area (Å²) in [5.74, 6) is -3.98. The Balaban J connectivity index is 2.06. The van der Waals surface area contributed by atoms with Gasteiger partial charge in [0, 0.05) is 18.7 Å². The van der Waals surface area contributed by atoms with Crippen LogP contribution in [0.25, 0.3) is 0 Å². The van der Waals surface area contributed by atoms with Gasteiger partial charge in [0.05, 0.1) is 6.04 Å². The Kier molecular flexibility index (Phi) is 8.90. The Labute approximate surface area is 179 Å². The van der Waals surface area contributed by atoms with E-state index >= 15 is 0 Å². The standard InChI is InChI=1S/C18H28N4O7S/c23-14(24)6-5-11(17(27)22-8-2-4-13(22)18(28)29)20-16(26)12(9-30)21-15(25)10-3-1-7-19-10/h10-13,19,30H,1-9H2,(H,20,26)(H,21,25)(H,23,24)(H,28,29). The molecule has 5 N–H and O–H groups in total. The number of carboxylic acid groups (broad SMARTS) is 2. The van der Waals surface area contributed by atoms with Gasteiger partial charge in [-0.05, 0) is 38.6 Å². The maximum Gasteiger partial charge on any atom is 0.326 e. The number of hydrogen-bond acceptors (Lipinski definition) is 7. The van der Waals surface area contributed by atoms with E-state index in [4.69, 9.17) is 5.11 Å². The van der Waals surface area contributed by atoms with Crippen LogP contribution in [0.3, 0.4) is 0 Å². The van der Waals surface area contributed by atoms with Gasteiger partial charge in [-0.25, -0.2) is 4.79 Å². The summed E-state index contributed by atoms with van der Waals surface area (Å²) >= 11 is 4.10. The summed E-state index contributed by atoms with van der Waals surface area (Å²) in [6.07, 6.45) is 1.73. The van der Waals surface area contributed by atoms with E-state index in [2.05, 4.69) is 28.6 Å². The number of aliphatic carboxylic acids is 2. The fourth-order valence-corrected chi connectivity index (χ4v) is 3.92. The highest BCUT2D eigenvalue weighted by atomic mass is 32.1. The third-order valence-electron chi connectivity index (χ3n) is 5.27. The summed E-state index contributed by atoms with van der Waals surface area (Å²) in [4.78, 5) is 61.4. The molecule has 2 rings (SSSR count). The van der Waals surface area contributed by atoms with E-state index in [-0.39, 0.29) is 31.0 Å². The van der Waals surface area contributed by atoms with Crippen molar-refractivity contribution in [2.75, 3.05) is 18.8 Å². The minimum Gasteiger partial charge on any atom is -0.481 e. The first-order valence-corrected chi connectivity index (χ1v) is 10.6. The molecule has 0 bridgehead atoms. The molecule has 0 aromatic rings. The van der Waals surface area contributed by atoms with Crippen molar-refractivity contribution in [1.82, 2.24) is 20.9 Å². The average Bonchev–Trinajstić information content (AvgIpc) is 3.40. The molecule has 2 heterocycles. The van der Waals surface area contributed by atoms with Crippen molar-refractivity contribution in [3.63, 3.8) is 0 Å². The van der Waals surface area contributed by atoms with Crippen molar-refractivity contribution in [3.8, 4) is 0 Å². The van der Waals surface area contributed by atoms with Crippen LogP contribution in [0.2, 0.25) is 0 Å². The average molecular weight is 445 g/mol. The molecule has 2 saturated heterocycles. The highest BCUT2D eigenvalue weighted by Gasteiger charge is 2.38. The highest BCUT2D eigenvalue weighted by molar-refractivity contribution is 7.80. The number of likely N-dealkylation sites (tertiary alicyclic amines) is 1. The monoisotopic (exact) mass is 444 g/mol.